The average Bonchev–Trinajstić information content (AvgIpc) is 2.38. The summed E-state index contributed by atoms with van der Waals surface area (Å²) in [5.41, 5.74) is 1.25. The number of hydrogen-bond acceptors (Lipinski definition) is 3. The van der Waals surface area contributed by atoms with Crippen molar-refractivity contribution < 1.29 is 8.42 Å². The molecular formula is C13H19NO2S. The van der Waals surface area contributed by atoms with Gasteiger partial charge in [0.15, 0.2) is 9.84 Å². The minimum atomic E-state index is -2.84. The van der Waals surface area contributed by atoms with Gasteiger partial charge in [0.25, 0.3) is 0 Å². The second-order valence-corrected chi connectivity index (χ2v) is 7.17. The van der Waals surface area contributed by atoms with E-state index in [1.165, 1.54) is 5.56 Å². The van der Waals surface area contributed by atoms with Gasteiger partial charge in [-0.2, -0.15) is 0 Å². The molecule has 0 saturated carbocycles. The van der Waals surface area contributed by atoms with Crippen LogP contribution in [0.2, 0.25) is 0 Å². The van der Waals surface area contributed by atoms with E-state index in [0.29, 0.717) is 18.1 Å². The molecule has 1 aliphatic heterocycles. The molecular weight excluding hydrogens is 234 g/mol. The second kappa shape index (κ2) is 5.19. The highest BCUT2D eigenvalue weighted by atomic mass is 32.2. The fraction of sp³-hybridized carbons (Fsp3) is 0.538. The van der Waals surface area contributed by atoms with Crippen molar-refractivity contribution in [2.75, 3.05) is 24.6 Å². The van der Waals surface area contributed by atoms with E-state index in [4.69, 9.17) is 0 Å². The summed E-state index contributed by atoms with van der Waals surface area (Å²) < 4.78 is 23.3. The summed E-state index contributed by atoms with van der Waals surface area (Å²) >= 11 is 0. The highest BCUT2D eigenvalue weighted by Gasteiger charge is 2.23. The van der Waals surface area contributed by atoms with Crippen LogP contribution in [-0.2, 0) is 16.4 Å². The Bertz CT molecular complexity index is 456. The normalized spacial score (nSPS) is 25.4. The smallest absolute Gasteiger partial charge is 0.151 e. The van der Waals surface area contributed by atoms with Gasteiger partial charge in [0, 0.05) is 19.6 Å². The number of benzene rings is 1. The van der Waals surface area contributed by atoms with Crippen molar-refractivity contribution in [3.05, 3.63) is 35.9 Å². The van der Waals surface area contributed by atoms with Crippen LogP contribution < -0.4 is 0 Å². The number of nitrogens with zero attached hydrogens (tertiary/aromatic N) is 1. The van der Waals surface area contributed by atoms with E-state index in [2.05, 4.69) is 17.0 Å². The van der Waals surface area contributed by atoms with Gasteiger partial charge in [-0.25, -0.2) is 8.42 Å². The lowest BCUT2D eigenvalue weighted by Crippen LogP contribution is -2.28. The SMILES string of the molecule is CC1CN(Cc2ccccc2)CCS(=O)(=O)C1. The van der Waals surface area contributed by atoms with Crippen LogP contribution in [0.5, 0.6) is 0 Å². The maximum atomic E-state index is 11.7. The molecule has 0 radical (unpaired) electrons. The molecule has 0 aliphatic carbocycles. The average molecular weight is 253 g/mol. The topological polar surface area (TPSA) is 37.4 Å². The van der Waals surface area contributed by atoms with Crippen LogP contribution in [0.3, 0.4) is 0 Å². The summed E-state index contributed by atoms with van der Waals surface area (Å²) in [5, 5.41) is 0. The Hall–Kier alpha value is -0.870. The van der Waals surface area contributed by atoms with E-state index >= 15 is 0 Å². The van der Waals surface area contributed by atoms with Crippen molar-refractivity contribution in [1.82, 2.24) is 4.90 Å². The zero-order valence-electron chi connectivity index (χ0n) is 10.2. The van der Waals surface area contributed by atoms with Gasteiger partial charge < -0.3 is 0 Å². The van der Waals surface area contributed by atoms with Gasteiger partial charge in [0.2, 0.25) is 0 Å². The molecule has 1 aromatic rings. The lowest BCUT2D eigenvalue weighted by molar-refractivity contribution is 0.257. The number of sulfone groups is 1. The van der Waals surface area contributed by atoms with Gasteiger partial charge >= 0.3 is 0 Å². The van der Waals surface area contributed by atoms with Crippen molar-refractivity contribution in [1.29, 1.82) is 0 Å². The summed E-state index contributed by atoms with van der Waals surface area (Å²) in [6.45, 7) is 4.39. The molecule has 0 aromatic heterocycles. The molecule has 4 heteroatoms. The van der Waals surface area contributed by atoms with Crippen molar-refractivity contribution in [2.24, 2.45) is 5.92 Å². The first-order chi connectivity index (χ1) is 8.05. The molecule has 1 atom stereocenters. The zero-order valence-corrected chi connectivity index (χ0v) is 11.0. The standard InChI is InChI=1S/C13H19NO2S/c1-12-9-14(7-8-17(15,16)11-12)10-13-5-3-2-4-6-13/h2-6,12H,7-11H2,1H3. The lowest BCUT2D eigenvalue weighted by atomic mass is 10.1. The molecule has 0 spiro atoms. The molecule has 1 heterocycles. The van der Waals surface area contributed by atoms with Crippen LogP contribution in [-0.4, -0.2) is 37.9 Å². The molecule has 3 nitrogen and oxygen atoms in total. The third-order valence-corrected chi connectivity index (χ3v) is 4.96. The van der Waals surface area contributed by atoms with Gasteiger partial charge in [-0.05, 0) is 11.5 Å². The first kappa shape index (κ1) is 12.6. The van der Waals surface area contributed by atoms with E-state index < -0.39 is 9.84 Å². The molecule has 0 N–H and O–H groups in total. The Morgan fingerprint density at radius 2 is 2.00 bits per heavy atom. The monoisotopic (exact) mass is 253 g/mol. The summed E-state index contributed by atoms with van der Waals surface area (Å²) in [7, 11) is -2.84. The van der Waals surface area contributed by atoms with Crippen molar-refractivity contribution >= 4 is 9.84 Å². The summed E-state index contributed by atoms with van der Waals surface area (Å²) in [6.07, 6.45) is 0. The highest BCUT2D eigenvalue weighted by molar-refractivity contribution is 7.91. The summed E-state index contributed by atoms with van der Waals surface area (Å²) in [4.78, 5) is 2.24. The third-order valence-electron chi connectivity index (χ3n) is 3.08. The Morgan fingerprint density at radius 3 is 2.71 bits per heavy atom. The highest BCUT2D eigenvalue weighted by Crippen LogP contribution is 2.13. The largest absolute Gasteiger partial charge is 0.298 e. The Balaban J connectivity index is 2.03. The van der Waals surface area contributed by atoms with Crippen LogP contribution in [0, 0.1) is 5.92 Å². The minimum Gasteiger partial charge on any atom is -0.298 e. The lowest BCUT2D eigenvalue weighted by Gasteiger charge is -2.21. The van der Waals surface area contributed by atoms with E-state index in [1.54, 1.807) is 0 Å². The van der Waals surface area contributed by atoms with Crippen LogP contribution in [0.1, 0.15) is 12.5 Å². The quantitative estimate of drug-likeness (QED) is 0.802. The van der Waals surface area contributed by atoms with Crippen LogP contribution >= 0.6 is 0 Å². The fourth-order valence-corrected chi connectivity index (χ4v) is 4.03. The third kappa shape index (κ3) is 3.82. The van der Waals surface area contributed by atoms with Crippen molar-refractivity contribution in [2.45, 2.75) is 13.5 Å². The molecule has 1 aliphatic rings. The van der Waals surface area contributed by atoms with Gasteiger partial charge in [0.1, 0.15) is 0 Å². The Morgan fingerprint density at radius 1 is 1.29 bits per heavy atom. The predicted octanol–water partition coefficient (Wildman–Crippen LogP) is 1.55. The molecule has 1 fully saturated rings. The molecule has 1 unspecified atom stereocenters. The molecule has 0 bridgehead atoms. The Kier molecular flexibility index (Phi) is 3.84. The molecule has 1 saturated heterocycles. The second-order valence-electron chi connectivity index (χ2n) is 4.94. The maximum Gasteiger partial charge on any atom is 0.151 e. The number of rotatable bonds is 2. The van der Waals surface area contributed by atoms with Gasteiger partial charge in [0.05, 0.1) is 11.5 Å². The van der Waals surface area contributed by atoms with E-state index in [9.17, 15) is 8.42 Å². The zero-order chi connectivity index (χ0) is 12.3. The van der Waals surface area contributed by atoms with E-state index in [-0.39, 0.29) is 5.92 Å². The van der Waals surface area contributed by atoms with Crippen LogP contribution in [0.4, 0.5) is 0 Å². The number of hydrogen-bond donors (Lipinski definition) is 0. The van der Waals surface area contributed by atoms with Crippen LogP contribution in [0.15, 0.2) is 30.3 Å². The van der Waals surface area contributed by atoms with Crippen molar-refractivity contribution in [3.63, 3.8) is 0 Å². The summed E-state index contributed by atoms with van der Waals surface area (Å²) in [5.74, 6) is 0.855. The first-order valence-corrected chi connectivity index (χ1v) is 7.84. The minimum absolute atomic E-state index is 0.228. The molecule has 0 amide bonds. The molecule has 1 aromatic carbocycles. The van der Waals surface area contributed by atoms with Crippen LogP contribution in [0.25, 0.3) is 0 Å². The van der Waals surface area contributed by atoms with Gasteiger partial charge in [-0.3, -0.25) is 4.90 Å². The Labute approximate surface area is 103 Å². The maximum absolute atomic E-state index is 11.7. The van der Waals surface area contributed by atoms with E-state index in [0.717, 1.165) is 13.1 Å². The fourth-order valence-electron chi connectivity index (χ4n) is 2.36. The van der Waals surface area contributed by atoms with Gasteiger partial charge in [-0.1, -0.05) is 37.3 Å². The van der Waals surface area contributed by atoms with Gasteiger partial charge in [-0.15, -0.1) is 0 Å². The summed E-state index contributed by atoms with van der Waals surface area (Å²) in [6, 6.07) is 10.2. The molecule has 2 rings (SSSR count). The van der Waals surface area contributed by atoms with Crippen molar-refractivity contribution in [3.8, 4) is 0 Å². The first-order valence-electron chi connectivity index (χ1n) is 6.02. The predicted molar refractivity (Wildman–Crippen MR) is 69.5 cm³/mol. The molecule has 17 heavy (non-hydrogen) atoms. The van der Waals surface area contributed by atoms with E-state index in [1.807, 2.05) is 25.1 Å². The molecule has 94 valence electrons.